The molecule has 0 spiro atoms. The maximum absolute atomic E-state index is 13.0. The largest absolute Gasteiger partial charge is 0.364 e. The average Bonchev–Trinajstić information content (AvgIpc) is 3.19. The molecule has 1 N–H and O–H groups in total. The van der Waals surface area contributed by atoms with Gasteiger partial charge in [0, 0.05) is 37.3 Å². The molecule has 0 saturated carbocycles. The highest BCUT2D eigenvalue weighted by Gasteiger charge is 2.28. The van der Waals surface area contributed by atoms with Crippen molar-refractivity contribution in [3.8, 4) is 0 Å². The van der Waals surface area contributed by atoms with Crippen LogP contribution in [0.5, 0.6) is 0 Å². The summed E-state index contributed by atoms with van der Waals surface area (Å²) in [5.41, 5.74) is 1.86. The van der Waals surface area contributed by atoms with Gasteiger partial charge in [-0.15, -0.1) is 0 Å². The third-order valence-electron chi connectivity index (χ3n) is 4.67. The number of hydrogen-bond donors (Lipinski definition) is 1. The van der Waals surface area contributed by atoms with E-state index in [-0.39, 0.29) is 25.5 Å². The van der Waals surface area contributed by atoms with Crippen LogP contribution >= 0.6 is 0 Å². The predicted octanol–water partition coefficient (Wildman–Crippen LogP) is 0.977. The van der Waals surface area contributed by atoms with Gasteiger partial charge in [-0.2, -0.15) is 0 Å². The van der Waals surface area contributed by atoms with Crippen LogP contribution < -0.4 is 5.32 Å². The molecular formula is C19H21FN4O4. The Morgan fingerprint density at radius 1 is 1.11 bits per heavy atom. The Balaban J connectivity index is 1.49. The first-order valence-electron chi connectivity index (χ1n) is 9.03. The number of rotatable bonds is 4. The van der Waals surface area contributed by atoms with E-state index >= 15 is 0 Å². The molecule has 1 aromatic heterocycles. The molecule has 2 heterocycles. The Bertz CT molecular complexity index is 857. The van der Waals surface area contributed by atoms with E-state index in [9.17, 15) is 18.8 Å². The van der Waals surface area contributed by atoms with Crippen LogP contribution in [0.25, 0.3) is 0 Å². The zero-order valence-electron chi connectivity index (χ0n) is 15.5. The van der Waals surface area contributed by atoms with Gasteiger partial charge in [-0.05, 0) is 30.7 Å². The fraction of sp³-hybridized carbons (Fsp3) is 0.368. The van der Waals surface area contributed by atoms with E-state index < -0.39 is 17.6 Å². The number of amides is 3. The predicted molar refractivity (Wildman–Crippen MR) is 96.6 cm³/mol. The number of carbonyl (C=O) groups excluding carboxylic acids is 3. The van der Waals surface area contributed by atoms with Crippen molar-refractivity contribution in [2.75, 3.05) is 26.2 Å². The minimum absolute atomic E-state index is 0.118. The van der Waals surface area contributed by atoms with Crippen molar-refractivity contribution in [1.82, 2.24) is 20.3 Å². The van der Waals surface area contributed by atoms with Gasteiger partial charge in [-0.3, -0.25) is 14.4 Å². The van der Waals surface area contributed by atoms with Gasteiger partial charge in [0.15, 0.2) is 0 Å². The molecule has 1 aliphatic rings. The summed E-state index contributed by atoms with van der Waals surface area (Å²) in [6.07, 6.45) is 2.23. The second-order valence-corrected chi connectivity index (χ2v) is 6.41. The summed E-state index contributed by atoms with van der Waals surface area (Å²) in [6, 6.07) is 5.32. The minimum atomic E-state index is -0.719. The van der Waals surface area contributed by atoms with E-state index in [4.69, 9.17) is 4.52 Å². The van der Waals surface area contributed by atoms with Crippen molar-refractivity contribution < 1.29 is 23.3 Å². The molecule has 0 bridgehead atoms. The van der Waals surface area contributed by atoms with Gasteiger partial charge < -0.3 is 19.6 Å². The maximum atomic E-state index is 13.0. The SMILES string of the molecule is CCc1conc1CNC(=O)C(=O)N1CCN(C(=O)c2ccc(F)cc2)CC1. The van der Waals surface area contributed by atoms with Crippen LogP contribution in [0.2, 0.25) is 0 Å². The zero-order valence-corrected chi connectivity index (χ0v) is 15.5. The number of carbonyl (C=O) groups is 3. The number of nitrogens with one attached hydrogen (secondary N) is 1. The summed E-state index contributed by atoms with van der Waals surface area (Å²) in [5.74, 6) is -2.00. The fourth-order valence-electron chi connectivity index (χ4n) is 2.98. The summed E-state index contributed by atoms with van der Waals surface area (Å²) in [6.45, 7) is 3.17. The molecule has 1 fully saturated rings. The smallest absolute Gasteiger partial charge is 0.312 e. The van der Waals surface area contributed by atoms with Crippen molar-refractivity contribution in [2.24, 2.45) is 0 Å². The lowest BCUT2D eigenvalue weighted by atomic mass is 10.1. The average molecular weight is 388 g/mol. The number of aromatic nitrogens is 1. The van der Waals surface area contributed by atoms with E-state index in [2.05, 4.69) is 10.5 Å². The van der Waals surface area contributed by atoms with E-state index in [1.54, 1.807) is 4.90 Å². The molecule has 0 atom stereocenters. The van der Waals surface area contributed by atoms with E-state index in [1.807, 2.05) is 6.92 Å². The quantitative estimate of drug-likeness (QED) is 0.788. The molecule has 8 nitrogen and oxygen atoms in total. The summed E-state index contributed by atoms with van der Waals surface area (Å²) < 4.78 is 17.9. The van der Waals surface area contributed by atoms with Crippen LogP contribution in [-0.4, -0.2) is 58.9 Å². The summed E-state index contributed by atoms with van der Waals surface area (Å²) >= 11 is 0. The van der Waals surface area contributed by atoms with Crippen molar-refractivity contribution in [3.63, 3.8) is 0 Å². The normalized spacial score (nSPS) is 14.1. The van der Waals surface area contributed by atoms with Crippen molar-refractivity contribution in [3.05, 3.63) is 53.2 Å². The molecular weight excluding hydrogens is 367 g/mol. The van der Waals surface area contributed by atoms with Gasteiger partial charge in [-0.25, -0.2) is 4.39 Å². The summed E-state index contributed by atoms with van der Waals surface area (Å²) in [5, 5.41) is 6.37. The van der Waals surface area contributed by atoms with Crippen LogP contribution in [0.15, 0.2) is 35.1 Å². The molecule has 0 aliphatic carbocycles. The second-order valence-electron chi connectivity index (χ2n) is 6.41. The number of aryl methyl sites for hydroxylation is 1. The zero-order chi connectivity index (χ0) is 20.1. The lowest BCUT2D eigenvalue weighted by Crippen LogP contribution is -2.53. The molecule has 3 amide bonds. The number of halogens is 1. The van der Waals surface area contributed by atoms with Crippen LogP contribution in [0.3, 0.4) is 0 Å². The highest BCUT2D eigenvalue weighted by atomic mass is 19.1. The van der Waals surface area contributed by atoms with Crippen molar-refractivity contribution in [2.45, 2.75) is 19.9 Å². The summed E-state index contributed by atoms with van der Waals surface area (Å²) in [4.78, 5) is 39.9. The first-order chi connectivity index (χ1) is 13.5. The first-order valence-corrected chi connectivity index (χ1v) is 9.03. The number of benzene rings is 1. The van der Waals surface area contributed by atoms with Crippen LogP contribution in [0.1, 0.15) is 28.5 Å². The van der Waals surface area contributed by atoms with Crippen LogP contribution in [0.4, 0.5) is 4.39 Å². The minimum Gasteiger partial charge on any atom is -0.364 e. The molecule has 9 heteroatoms. The van der Waals surface area contributed by atoms with Gasteiger partial charge >= 0.3 is 11.8 Å². The maximum Gasteiger partial charge on any atom is 0.312 e. The van der Waals surface area contributed by atoms with Crippen LogP contribution in [-0.2, 0) is 22.6 Å². The number of piperazine rings is 1. The lowest BCUT2D eigenvalue weighted by molar-refractivity contribution is -0.146. The molecule has 1 saturated heterocycles. The first kappa shape index (κ1) is 19.5. The number of hydrogen-bond acceptors (Lipinski definition) is 5. The topological polar surface area (TPSA) is 95.8 Å². The monoisotopic (exact) mass is 388 g/mol. The molecule has 2 aromatic rings. The van der Waals surface area contributed by atoms with Gasteiger partial charge in [0.25, 0.3) is 5.91 Å². The van der Waals surface area contributed by atoms with Gasteiger partial charge in [-0.1, -0.05) is 12.1 Å². The Kier molecular flexibility index (Phi) is 6.03. The lowest BCUT2D eigenvalue weighted by Gasteiger charge is -2.34. The standard InChI is InChI=1S/C19H21FN4O4/c1-2-13-12-28-22-16(13)11-21-17(25)19(27)24-9-7-23(8-10-24)18(26)14-3-5-15(20)6-4-14/h3-6,12H,2,7-11H2,1H3,(H,21,25). The van der Waals surface area contributed by atoms with Gasteiger partial charge in [0.1, 0.15) is 17.8 Å². The highest BCUT2D eigenvalue weighted by Crippen LogP contribution is 2.11. The summed E-state index contributed by atoms with van der Waals surface area (Å²) in [7, 11) is 0. The molecule has 3 rings (SSSR count). The third kappa shape index (κ3) is 4.36. The number of nitrogens with zero attached hydrogens (tertiary/aromatic N) is 3. The van der Waals surface area contributed by atoms with Crippen molar-refractivity contribution in [1.29, 1.82) is 0 Å². The Labute approximate surface area is 161 Å². The molecule has 1 aliphatic heterocycles. The molecule has 28 heavy (non-hydrogen) atoms. The molecule has 1 aromatic carbocycles. The Hall–Kier alpha value is -3.23. The van der Waals surface area contributed by atoms with E-state index in [1.165, 1.54) is 35.4 Å². The highest BCUT2D eigenvalue weighted by molar-refractivity contribution is 6.35. The van der Waals surface area contributed by atoms with Crippen molar-refractivity contribution >= 4 is 17.7 Å². The van der Waals surface area contributed by atoms with Crippen LogP contribution in [0, 0.1) is 5.82 Å². The molecule has 0 radical (unpaired) electrons. The van der Waals surface area contributed by atoms with Gasteiger partial charge in [0.05, 0.1) is 6.54 Å². The Morgan fingerprint density at radius 2 is 1.75 bits per heavy atom. The van der Waals surface area contributed by atoms with Gasteiger partial charge in [0.2, 0.25) is 0 Å². The molecule has 0 unspecified atom stereocenters. The fourth-order valence-corrected chi connectivity index (χ4v) is 2.98. The molecule has 148 valence electrons. The van der Waals surface area contributed by atoms with E-state index in [0.29, 0.717) is 30.8 Å². The third-order valence-corrected chi connectivity index (χ3v) is 4.67. The second kappa shape index (κ2) is 8.64. The van der Waals surface area contributed by atoms with E-state index in [0.717, 1.165) is 5.56 Å². The Morgan fingerprint density at radius 3 is 2.39 bits per heavy atom.